The fourth-order valence-corrected chi connectivity index (χ4v) is 9.16. The zero-order chi connectivity index (χ0) is 56.6. The van der Waals surface area contributed by atoms with E-state index in [1.165, 1.54) is 18.2 Å². The van der Waals surface area contributed by atoms with Gasteiger partial charge in [0.25, 0.3) is 17.4 Å². The number of benzene rings is 2. The molecule has 23 nitrogen and oxygen atoms in total. The number of ether oxygens (including phenoxy) is 2. The van der Waals surface area contributed by atoms with E-state index in [1.54, 1.807) is 47.9 Å². The number of imide groups is 1. The van der Waals surface area contributed by atoms with Gasteiger partial charge in [0.05, 0.1) is 55.1 Å². The van der Waals surface area contributed by atoms with Gasteiger partial charge in [-0.25, -0.2) is 14.2 Å². The van der Waals surface area contributed by atoms with E-state index < -0.39 is 79.6 Å². The number of halogens is 1. The van der Waals surface area contributed by atoms with Crippen LogP contribution in [0.3, 0.4) is 0 Å². The number of aromatic nitrogens is 2. The molecule has 8 rings (SSSR count). The number of esters is 1. The van der Waals surface area contributed by atoms with Gasteiger partial charge in [-0.15, -0.1) is 0 Å². The van der Waals surface area contributed by atoms with Gasteiger partial charge in [0.15, 0.2) is 11.9 Å². The van der Waals surface area contributed by atoms with Gasteiger partial charge in [0.1, 0.15) is 31.8 Å². The smallest absolute Gasteiger partial charge is 0.340 e. The number of unbranched alkanes of at least 4 members (excludes halogenated alkanes) is 2. The maximum Gasteiger partial charge on any atom is 0.340 e. The Hall–Kier alpha value is -8.51. The van der Waals surface area contributed by atoms with E-state index in [2.05, 4.69) is 26.6 Å². The zero-order valence-corrected chi connectivity index (χ0v) is 43.4. The number of hydrogen-bond acceptors (Lipinski definition) is 15. The van der Waals surface area contributed by atoms with Gasteiger partial charge in [-0.3, -0.25) is 52.8 Å². The van der Waals surface area contributed by atoms with Crippen LogP contribution in [0.25, 0.3) is 22.3 Å². The topological polar surface area (TPSA) is 334 Å². The molecule has 2 atom stereocenters. The fourth-order valence-electron chi connectivity index (χ4n) is 9.16. The second-order valence-corrected chi connectivity index (χ2v) is 18.3. The first kappa shape index (κ1) is 58.7. The van der Waals surface area contributed by atoms with E-state index in [4.69, 9.17) is 20.2 Å². The second-order valence-electron chi connectivity index (χ2n) is 18.3. The van der Waals surface area contributed by atoms with Crippen molar-refractivity contribution in [3.05, 3.63) is 110 Å². The van der Waals surface area contributed by atoms with Crippen LogP contribution in [0.2, 0.25) is 0 Å². The minimum Gasteiger partial charge on any atom is -0.458 e. The number of nitrogens with one attached hydrogen (secondary N) is 5. The molecule has 8 amide bonds. The summed E-state index contributed by atoms with van der Waals surface area (Å²) in [6.45, 7) is 4.20. The summed E-state index contributed by atoms with van der Waals surface area (Å²) in [6, 6.07) is 10.8. The molecule has 0 fully saturated rings. The lowest BCUT2D eigenvalue weighted by Gasteiger charge is -2.22. The third-order valence-electron chi connectivity index (χ3n) is 13.0. The number of nitrogens with zero attached hydrogens (tertiary/aromatic N) is 3. The van der Waals surface area contributed by atoms with Gasteiger partial charge in [-0.2, -0.15) is 0 Å². The van der Waals surface area contributed by atoms with E-state index >= 15 is 0 Å². The molecule has 24 heteroatoms. The average molecular weight is 1080 g/mol. The molecular weight excluding hydrogens is 1020 g/mol. The van der Waals surface area contributed by atoms with Crippen LogP contribution in [0.5, 0.6) is 0 Å². The molecule has 0 saturated heterocycles. The predicted molar refractivity (Wildman–Crippen MR) is 277 cm³/mol. The molecule has 4 aromatic rings. The van der Waals surface area contributed by atoms with Crippen molar-refractivity contribution < 1.29 is 66.9 Å². The standard InChI is InChI=1S/C30H39N7O10.C22H17FN2O4.C2H6/c31-23(39)14-21(38)18-47-19-35-26(42)16-34-30(46)22(13-20-7-3-1-4-8-20)36-27(43)17-33-25(41)15-32-24(40)9-5-2-6-12-37-28(44)10-11-29(37)45;1-9-10-3-2-4-11-13-7-25-17(19(13)24-16(18(10)11)6-15(9)23)5-12-14(21(25)27)8-29-22(28)20(12)26;1-2/h1,3-4,7-8,10-11,22H,2,5-6,9,12-19H2,(H2,31,39)(H,32,40)(H,33,41)(H,34,46)(H,35,42)(H,36,43);5-6,20,26H,2-4,7-8H2,1H3;1-2H3. The molecule has 78 heavy (non-hydrogen) atoms. The number of carbonyl (C=O) groups is 10. The average Bonchev–Trinajstić information content (AvgIpc) is 4.06. The first-order valence-corrected chi connectivity index (χ1v) is 25.5. The van der Waals surface area contributed by atoms with E-state index in [9.17, 15) is 62.2 Å². The van der Waals surface area contributed by atoms with E-state index in [0.717, 1.165) is 46.2 Å². The minimum absolute atomic E-state index is 0.0800. The van der Waals surface area contributed by atoms with Crippen molar-refractivity contribution in [1.29, 1.82) is 0 Å². The van der Waals surface area contributed by atoms with Gasteiger partial charge >= 0.3 is 5.97 Å². The Morgan fingerprint density at radius 3 is 2.22 bits per heavy atom. The van der Waals surface area contributed by atoms with E-state index in [-0.39, 0.29) is 73.9 Å². The van der Waals surface area contributed by atoms with Crippen LogP contribution in [-0.2, 0) is 89.8 Å². The molecule has 0 saturated carbocycles. The second kappa shape index (κ2) is 27.5. The number of pyridine rings is 2. The largest absolute Gasteiger partial charge is 0.458 e. The van der Waals surface area contributed by atoms with Crippen LogP contribution in [-0.4, -0.2) is 124 Å². The lowest BCUT2D eigenvalue weighted by molar-refractivity contribution is -0.157. The van der Waals surface area contributed by atoms with Crippen molar-refractivity contribution in [2.75, 3.05) is 39.5 Å². The van der Waals surface area contributed by atoms with Crippen LogP contribution < -0.4 is 37.9 Å². The van der Waals surface area contributed by atoms with Gasteiger partial charge in [0, 0.05) is 54.1 Å². The molecule has 2 aromatic heterocycles. The van der Waals surface area contributed by atoms with Gasteiger partial charge in [0.2, 0.25) is 35.4 Å². The first-order valence-electron chi connectivity index (χ1n) is 25.5. The summed E-state index contributed by atoms with van der Waals surface area (Å²) in [7, 11) is 0. The van der Waals surface area contributed by atoms with E-state index in [1.807, 2.05) is 13.8 Å². The number of carbonyl (C=O) groups excluding carboxylic acids is 10. The summed E-state index contributed by atoms with van der Waals surface area (Å²) < 4.78 is 26.0. The van der Waals surface area contributed by atoms with Gasteiger partial charge < -0.3 is 51.5 Å². The molecule has 8 N–H and O–H groups in total. The summed E-state index contributed by atoms with van der Waals surface area (Å²) in [5, 5.41) is 23.3. The highest BCUT2D eigenvalue weighted by atomic mass is 19.1. The molecule has 5 heterocycles. The lowest BCUT2D eigenvalue weighted by Crippen LogP contribution is -2.52. The third-order valence-corrected chi connectivity index (χ3v) is 13.0. The Balaban J connectivity index is 0.000000267. The van der Waals surface area contributed by atoms with Gasteiger partial charge in [-0.05, 0) is 67.3 Å². The number of rotatable bonds is 22. The number of hydrogen-bond donors (Lipinski definition) is 7. The molecule has 0 radical (unpaired) electrons. The maximum atomic E-state index is 14.5. The number of cyclic esters (lactones) is 1. The molecule has 3 aliphatic heterocycles. The lowest BCUT2D eigenvalue weighted by atomic mass is 9.85. The molecule has 2 unspecified atom stereocenters. The van der Waals surface area contributed by atoms with Crippen molar-refractivity contribution >= 4 is 69.9 Å². The Morgan fingerprint density at radius 2 is 1.50 bits per heavy atom. The van der Waals surface area contributed by atoms with Crippen molar-refractivity contribution in [1.82, 2.24) is 41.0 Å². The highest BCUT2D eigenvalue weighted by molar-refractivity contribution is 6.12. The SMILES string of the molecule is CC.Cc1c(F)cc2nc3c(c4c2c1CCC4)Cn1c-3cc2c(c1=O)COC(=O)C2O.NC(=O)CC(=O)COCNC(=O)CNC(=O)C(Cc1ccccc1)NC(=O)CNC(=O)CNC(=O)CCCCCN1C(=O)C=CC1=O. The predicted octanol–water partition coefficient (Wildman–Crippen LogP) is 0.561. The Labute approximate surface area is 446 Å². The zero-order valence-electron chi connectivity index (χ0n) is 43.4. The van der Waals surface area contributed by atoms with Crippen LogP contribution in [0.1, 0.15) is 97.4 Å². The van der Waals surface area contributed by atoms with Gasteiger partial charge in [-0.1, -0.05) is 50.6 Å². The van der Waals surface area contributed by atoms with Crippen molar-refractivity contribution in [2.45, 2.75) is 104 Å². The Kier molecular flexibility index (Phi) is 20.7. The van der Waals surface area contributed by atoms with Crippen LogP contribution in [0.15, 0.2) is 59.4 Å². The fraction of sp³-hybridized carbons (Fsp3) is 0.407. The molecule has 414 valence electrons. The number of Topliss-reactive ketones (excluding diaryl/α,β-unsaturated/α-hetero) is 1. The Bertz CT molecular complexity index is 3090. The van der Waals surface area contributed by atoms with Crippen molar-refractivity contribution in [2.24, 2.45) is 5.73 Å². The molecule has 0 bridgehead atoms. The number of aliphatic hydroxyl groups excluding tert-OH is 1. The number of amides is 8. The molecule has 0 spiro atoms. The van der Waals surface area contributed by atoms with Crippen LogP contribution >= 0.6 is 0 Å². The monoisotopic (exact) mass is 1080 g/mol. The summed E-state index contributed by atoms with van der Waals surface area (Å²) in [6.07, 6.45) is 4.87. The highest BCUT2D eigenvalue weighted by Crippen LogP contribution is 2.42. The van der Waals surface area contributed by atoms with Crippen LogP contribution in [0, 0.1) is 12.7 Å². The number of fused-ring (bicyclic) bond motifs is 5. The van der Waals surface area contributed by atoms with Crippen LogP contribution in [0.4, 0.5) is 4.39 Å². The van der Waals surface area contributed by atoms with E-state index in [0.29, 0.717) is 59.4 Å². The van der Waals surface area contributed by atoms with Crippen molar-refractivity contribution in [3.8, 4) is 11.4 Å². The summed E-state index contributed by atoms with van der Waals surface area (Å²) >= 11 is 0. The molecule has 1 aliphatic carbocycles. The number of aliphatic hydroxyl groups is 1. The molecular formula is C54H62FN9O14. The first-order chi connectivity index (χ1) is 37.4. The third kappa shape index (κ3) is 14.9. The summed E-state index contributed by atoms with van der Waals surface area (Å²) in [5.74, 6) is -6.14. The number of primary amides is 1. The molecule has 2 aromatic carbocycles. The Morgan fingerprint density at radius 1 is 0.833 bits per heavy atom. The maximum absolute atomic E-state index is 14.5. The number of aryl methyl sites for hydroxylation is 2. The summed E-state index contributed by atoms with van der Waals surface area (Å²) in [5.41, 5.74) is 11.5. The quantitative estimate of drug-likeness (QED) is 0.0164. The number of nitrogens with two attached hydrogens (primary N) is 1. The number of ketones is 1. The highest BCUT2D eigenvalue weighted by Gasteiger charge is 2.36. The summed E-state index contributed by atoms with van der Waals surface area (Å²) in [4.78, 5) is 138. The minimum atomic E-state index is -1.48. The molecule has 4 aliphatic rings. The normalized spacial score (nSPS) is 14.8. The van der Waals surface area contributed by atoms with Crippen molar-refractivity contribution in [3.63, 3.8) is 0 Å².